The summed E-state index contributed by atoms with van der Waals surface area (Å²) in [6, 6.07) is -0.824. The van der Waals surface area contributed by atoms with E-state index in [0.717, 1.165) is 0 Å². The number of quaternary nitrogens is 1. The van der Waals surface area contributed by atoms with E-state index in [0.29, 0.717) is 0 Å². The number of hydrogen-bond donors (Lipinski definition) is 2. The molecular formula is C11H26N2O2. The third kappa shape index (κ3) is 9.69. The van der Waals surface area contributed by atoms with E-state index in [4.69, 9.17) is 5.73 Å². The predicted octanol–water partition coefficient (Wildman–Crippen LogP) is -1.35. The van der Waals surface area contributed by atoms with E-state index in [1.165, 1.54) is 19.6 Å². The van der Waals surface area contributed by atoms with Crippen molar-refractivity contribution in [2.24, 2.45) is 11.7 Å². The van der Waals surface area contributed by atoms with Crippen LogP contribution in [0.15, 0.2) is 0 Å². The van der Waals surface area contributed by atoms with Gasteiger partial charge in [-0.05, 0) is 26.7 Å². The van der Waals surface area contributed by atoms with Crippen molar-refractivity contribution in [2.75, 3.05) is 19.6 Å². The van der Waals surface area contributed by atoms with Crippen LogP contribution in [0.2, 0.25) is 0 Å². The molecule has 0 spiro atoms. The normalized spacial score (nSPS) is 12.3. The molecule has 92 valence electrons. The van der Waals surface area contributed by atoms with Crippen LogP contribution in [0.1, 0.15) is 34.6 Å². The van der Waals surface area contributed by atoms with Gasteiger partial charge in [0.05, 0.1) is 25.6 Å². The Balaban J connectivity index is 0. The van der Waals surface area contributed by atoms with Crippen LogP contribution in [0, 0.1) is 5.92 Å². The summed E-state index contributed by atoms with van der Waals surface area (Å²) in [4.78, 5) is 11.6. The predicted molar refractivity (Wildman–Crippen MR) is 60.4 cm³/mol. The molecule has 0 bridgehead atoms. The first-order valence-corrected chi connectivity index (χ1v) is 5.70. The Morgan fingerprint density at radius 2 is 1.53 bits per heavy atom. The van der Waals surface area contributed by atoms with Gasteiger partial charge < -0.3 is 20.5 Å². The Hall–Kier alpha value is -0.610. The minimum Gasteiger partial charge on any atom is -0.548 e. The maximum absolute atomic E-state index is 9.90. The first kappa shape index (κ1) is 16.8. The zero-order valence-electron chi connectivity index (χ0n) is 10.7. The van der Waals surface area contributed by atoms with Crippen molar-refractivity contribution in [2.45, 2.75) is 40.7 Å². The number of nitrogens with one attached hydrogen (secondary N) is 1. The topological polar surface area (TPSA) is 70.6 Å². The fraction of sp³-hybridized carbons (Fsp3) is 0.909. The SMILES string of the molecule is CC(C)[C@H](N)C(=O)[O-].CC[NH+](CC)CC. The quantitative estimate of drug-likeness (QED) is 0.599. The van der Waals surface area contributed by atoms with E-state index in [9.17, 15) is 9.90 Å². The summed E-state index contributed by atoms with van der Waals surface area (Å²) in [7, 11) is 0. The van der Waals surface area contributed by atoms with E-state index in [1.807, 2.05) is 0 Å². The van der Waals surface area contributed by atoms with Gasteiger partial charge in [-0.1, -0.05) is 13.8 Å². The highest BCUT2D eigenvalue weighted by Crippen LogP contribution is 1.94. The summed E-state index contributed by atoms with van der Waals surface area (Å²) in [6.45, 7) is 14.0. The smallest absolute Gasteiger partial charge is 0.0742 e. The molecule has 1 atom stereocenters. The van der Waals surface area contributed by atoms with Crippen molar-refractivity contribution in [1.82, 2.24) is 0 Å². The highest BCUT2D eigenvalue weighted by Gasteiger charge is 2.06. The van der Waals surface area contributed by atoms with Gasteiger partial charge in [0.1, 0.15) is 0 Å². The third-order valence-corrected chi connectivity index (χ3v) is 2.49. The second-order valence-electron chi connectivity index (χ2n) is 3.90. The molecule has 0 unspecified atom stereocenters. The first-order valence-electron chi connectivity index (χ1n) is 5.70. The molecule has 4 heteroatoms. The lowest BCUT2D eigenvalue weighted by molar-refractivity contribution is -0.894. The molecule has 0 aliphatic rings. The Labute approximate surface area is 93.4 Å². The van der Waals surface area contributed by atoms with E-state index in [1.54, 1.807) is 18.7 Å². The highest BCUT2D eigenvalue weighted by molar-refractivity contribution is 5.71. The largest absolute Gasteiger partial charge is 0.548 e. The minimum atomic E-state index is -1.18. The molecule has 0 aliphatic carbocycles. The van der Waals surface area contributed by atoms with Crippen molar-refractivity contribution in [1.29, 1.82) is 0 Å². The molecule has 0 aromatic carbocycles. The molecule has 0 saturated carbocycles. The van der Waals surface area contributed by atoms with Gasteiger partial charge in [0.25, 0.3) is 0 Å². The molecule has 15 heavy (non-hydrogen) atoms. The second-order valence-corrected chi connectivity index (χ2v) is 3.90. The van der Waals surface area contributed by atoms with Crippen molar-refractivity contribution in [3.8, 4) is 0 Å². The molecular weight excluding hydrogens is 192 g/mol. The lowest BCUT2D eigenvalue weighted by Gasteiger charge is -2.15. The van der Waals surface area contributed by atoms with Gasteiger partial charge in [-0.3, -0.25) is 0 Å². The molecule has 0 aromatic rings. The van der Waals surface area contributed by atoms with Crippen molar-refractivity contribution >= 4 is 5.97 Å². The van der Waals surface area contributed by atoms with Crippen LogP contribution >= 0.6 is 0 Å². The third-order valence-electron chi connectivity index (χ3n) is 2.49. The molecule has 0 amide bonds. The number of carbonyl (C=O) groups excluding carboxylic acids is 1. The average molecular weight is 218 g/mol. The van der Waals surface area contributed by atoms with Gasteiger partial charge in [-0.2, -0.15) is 0 Å². The molecule has 0 aliphatic heterocycles. The molecule has 0 rings (SSSR count). The molecule has 0 heterocycles. The maximum Gasteiger partial charge on any atom is 0.0742 e. The molecule has 4 nitrogen and oxygen atoms in total. The number of nitrogens with two attached hydrogens (primary N) is 1. The molecule has 3 N–H and O–H groups in total. The fourth-order valence-corrected chi connectivity index (χ4v) is 1.02. The summed E-state index contributed by atoms with van der Waals surface area (Å²) in [5, 5.41) is 9.90. The molecule has 0 fully saturated rings. The van der Waals surface area contributed by atoms with Crippen molar-refractivity contribution < 1.29 is 14.8 Å². The zero-order chi connectivity index (χ0) is 12.4. The van der Waals surface area contributed by atoms with Gasteiger partial charge in [-0.25, -0.2) is 0 Å². The molecule has 0 radical (unpaired) electrons. The number of aliphatic carboxylic acids is 1. The maximum atomic E-state index is 9.90. The number of hydrogen-bond acceptors (Lipinski definition) is 3. The van der Waals surface area contributed by atoms with Crippen LogP contribution in [0.4, 0.5) is 0 Å². The monoisotopic (exact) mass is 218 g/mol. The first-order chi connectivity index (χ1) is 6.90. The number of carboxylic acids is 1. The Morgan fingerprint density at radius 3 is 1.53 bits per heavy atom. The van der Waals surface area contributed by atoms with Crippen LogP contribution in [0.25, 0.3) is 0 Å². The van der Waals surface area contributed by atoms with Crippen LogP contribution < -0.4 is 15.7 Å². The fourth-order valence-electron chi connectivity index (χ4n) is 1.02. The Kier molecular flexibility index (Phi) is 11.1. The van der Waals surface area contributed by atoms with Gasteiger partial charge >= 0.3 is 0 Å². The number of carbonyl (C=O) groups is 1. The summed E-state index contributed by atoms with van der Waals surface area (Å²) in [6.07, 6.45) is 0. The second kappa shape index (κ2) is 9.93. The molecule has 0 saturated heterocycles. The van der Waals surface area contributed by atoms with E-state index in [-0.39, 0.29) is 5.92 Å². The van der Waals surface area contributed by atoms with Gasteiger partial charge in [0.2, 0.25) is 0 Å². The van der Waals surface area contributed by atoms with Crippen LogP contribution in [-0.2, 0) is 4.79 Å². The van der Waals surface area contributed by atoms with E-state index in [2.05, 4.69) is 20.8 Å². The Bertz CT molecular complexity index is 151. The lowest BCUT2D eigenvalue weighted by Crippen LogP contribution is -3.11. The number of carboxylic acid groups (broad SMARTS) is 1. The van der Waals surface area contributed by atoms with E-state index >= 15 is 0 Å². The lowest BCUT2D eigenvalue weighted by atomic mass is 10.1. The standard InChI is InChI=1S/C6H15N.C5H11NO2/c1-4-7(5-2)6-3;1-3(2)4(6)5(7)8/h4-6H2,1-3H3;3-4H,6H2,1-2H3,(H,7,8)/t;4-/m.0/s1. The van der Waals surface area contributed by atoms with Gasteiger partial charge in [0, 0.05) is 6.04 Å². The number of rotatable bonds is 5. The highest BCUT2D eigenvalue weighted by atomic mass is 16.4. The minimum absolute atomic E-state index is 0.0417. The Morgan fingerprint density at radius 1 is 1.20 bits per heavy atom. The summed E-state index contributed by atoms with van der Waals surface area (Å²) >= 11 is 0. The van der Waals surface area contributed by atoms with Crippen molar-refractivity contribution in [3.05, 3.63) is 0 Å². The van der Waals surface area contributed by atoms with Crippen LogP contribution in [0.5, 0.6) is 0 Å². The molecule has 0 aromatic heterocycles. The van der Waals surface area contributed by atoms with Crippen LogP contribution in [-0.4, -0.2) is 31.6 Å². The summed E-state index contributed by atoms with van der Waals surface area (Å²) in [5.41, 5.74) is 5.10. The van der Waals surface area contributed by atoms with Crippen LogP contribution in [0.3, 0.4) is 0 Å². The van der Waals surface area contributed by atoms with E-state index < -0.39 is 12.0 Å². The zero-order valence-corrected chi connectivity index (χ0v) is 10.7. The summed E-state index contributed by atoms with van der Waals surface area (Å²) in [5.74, 6) is -1.22. The average Bonchev–Trinajstić information content (AvgIpc) is 2.20. The van der Waals surface area contributed by atoms with Crippen molar-refractivity contribution in [3.63, 3.8) is 0 Å². The van der Waals surface area contributed by atoms with Gasteiger partial charge in [0.15, 0.2) is 0 Å². The summed E-state index contributed by atoms with van der Waals surface area (Å²) < 4.78 is 0. The van der Waals surface area contributed by atoms with Gasteiger partial charge in [-0.15, -0.1) is 0 Å².